The fourth-order valence-electron chi connectivity index (χ4n) is 11.5. The molecule has 4 aliphatic rings. The van der Waals surface area contributed by atoms with Gasteiger partial charge in [0.15, 0.2) is 24.7 Å². The van der Waals surface area contributed by atoms with Crippen molar-refractivity contribution >= 4 is 63.5 Å². The lowest BCUT2D eigenvalue weighted by Gasteiger charge is -2.28. The number of imide groups is 2. The number of methoxy groups -OCH3 is 2. The number of carbonyl (C=O) groups excluding carboxylic acids is 8. The molecule has 4 fully saturated rings. The molecule has 4 amide bonds. The second-order valence-corrected chi connectivity index (χ2v) is 28.8. The van der Waals surface area contributed by atoms with E-state index in [2.05, 4.69) is 4.98 Å². The largest absolute Gasteiger partial charge is 0.534 e. The molecule has 0 radical (unpaired) electrons. The molecular weight excluding hydrogens is 1590 g/mol. The quantitative estimate of drug-likeness (QED) is 0.0132. The number of amides is 4. The van der Waals surface area contributed by atoms with E-state index in [-0.39, 0.29) is 127 Å². The summed E-state index contributed by atoms with van der Waals surface area (Å²) in [4.78, 5) is 161. The molecule has 42 heteroatoms. The lowest BCUT2D eigenvalue weighted by molar-refractivity contribution is -0.178. The molecule has 10 rings (SSSR count). The van der Waals surface area contributed by atoms with Crippen molar-refractivity contribution < 1.29 is 141 Å². The van der Waals surface area contributed by atoms with Crippen molar-refractivity contribution in [2.45, 2.75) is 141 Å². The number of esters is 2. The smallest absolute Gasteiger partial charge is 0.451 e. The molecule has 4 saturated heterocycles. The van der Waals surface area contributed by atoms with E-state index in [1.165, 1.54) is 85.2 Å². The molecule has 0 saturated carbocycles. The van der Waals surface area contributed by atoms with Gasteiger partial charge in [0.2, 0.25) is 0 Å². The average molecular weight is 1680 g/mol. The summed E-state index contributed by atoms with van der Waals surface area (Å²) < 4.78 is 134. The fourth-order valence-corrected chi connectivity index (χ4v) is 14.4. The van der Waals surface area contributed by atoms with Gasteiger partial charge in [-0.2, -0.15) is 0 Å². The SMILES string of the molecule is CC[C@H]1O[C@@H](n2ccc(=O)[nH]c2=O)C(OC(=O)c2ccccc2)C1OP(=O)(OCCOCCOCCOC)Oc1ccc(COC(=O)ON2C(=O)CCC2=O)cc1.CC[C@H]1O[C@@H](n2ccc(=O)n(CCOCCOCCOC)c2=O)C(OC(=O)c2ccccc2)C1OP(=O)(Oc1ccc(COC(=O)ON2C(=O)CCC2=O)cc1)OC(C)C. The van der Waals surface area contributed by atoms with Crippen LogP contribution in [0.4, 0.5) is 9.59 Å². The van der Waals surface area contributed by atoms with Crippen molar-refractivity contribution in [2.24, 2.45) is 0 Å². The number of carbonyl (C=O) groups is 8. The zero-order valence-corrected chi connectivity index (χ0v) is 66.3. The van der Waals surface area contributed by atoms with E-state index in [4.69, 9.17) is 93.7 Å². The van der Waals surface area contributed by atoms with E-state index >= 15 is 0 Å². The number of hydroxylamine groups is 4. The zero-order chi connectivity index (χ0) is 84.0. The summed E-state index contributed by atoms with van der Waals surface area (Å²) in [6, 6.07) is 29.7. The van der Waals surface area contributed by atoms with E-state index in [9.17, 15) is 66.7 Å². The Kier molecular flexibility index (Phi) is 34.6. The van der Waals surface area contributed by atoms with Crippen LogP contribution >= 0.6 is 15.6 Å². The number of nitrogens with zero attached hydrogens (tertiary/aromatic N) is 5. The molecule has 6 heterocycles. The molecule has 40 nitrogen and oxygen atoms in total. The number of H-pyrrole nitrogens is 1. The highest BCUT2D eigenvalue weighted by atomic mass is 31.2. The number of rotatable bonds is 43. The van der Waals surface area contributed by atoms with Crippen molar-refractivity contribution in [1.82, 2.24) is 28.8 Å². The molecule has 0 bridgehead atoms. The van der Waals surface area contributed by atoms with Crippen LogP contribution in [0.25, 0.3) is 0 Å². The molecular formula is C75H90N6O34P2. The van der Waals surface area contributed by atoms with Gasteiger partial charge in [-0.15, -0.1) is 0 Å². The first kappa shape index (κ1) is 90.5. The lowest BCUT2D eigenvalue weighted by atomic mass is 10.1. The minimum absolute atomic E-state index is 0.00470. The Morgan fingerprint density at radius 3 is 1.33 bits per heavy atom. The summed E-state index contributed by atoms with van der Waals surface area (Å²) >= 11 is 0. The van der Waals surface area contributed by atoms with Gasteiger partial charge < -0.3 is 65.9 Å². The zero-order valence-electron chi connectivity index (χ0n) is 64.6. The van der Waals surface area contributed by atoms with Crippen LogP contribution in [0, 0.1) is 0 Å². The van der Waals surface area contributed by atoms with Crippen molar-refractivity contribution in [3.8, 4) is 11.5 Å². The van der Waals surface area contributed by atoms with Gasteiger partial charge in [0.05, 0.1) is 109 Å². The van der Waals surface area contributed by atoms with E-state index in [1.807, 2.05) is 0 Å². The molecule has 1 N–H and O–H groups in total. The minimum Gasteiger partial charge on any atom is -0.451 e. The minimum atomic E-state index is -4.70. The number of nitrogens with one attached hydrogen (secondary N) is 1. The van der Waals surface area contributed by atoms with Crippen LogP contribution < -0.4 is 31.5 Å². The highest BCUT2D eigenvalue weighted by molar-refractivity contribution is 7.49. The van der Waals surface area contributed by atoms with Gasteiger partial charge in [-0.1, -0.05) is 84.6 Å². The van der Waals surface area contributed by atoms with Gasteiger partial charge in [-0.05, 0) is 86.3 Å². The van der Waals surface area contributed by atoms with Crippen LogP contribution in [0.5, 0.6) is 11.5 Å². The standard InChI is InChI=1S/C39H48N3O17P.C36H42N3O17P/c1-5-30-34(59-60(49,57-26(2)3)58-29-13-11-27(12-14-29)25-53-39(48)56-42-32(44)15-16-33(42)45)35(55-37(46)28-9-7-6-8-10-28)36(54-30)41-18-17-31(43)40(38(41)47)19-20-51-23-24-52-22-21-50-4;1-3-27-31(32(53-34(43)25-7-5-4-6-8-25)33(52-27)38-16-15-28(40)37-35(38)44)56-57(46,51-22-21-49-20-19-48-18-17-47-2)55-26-11-9-24(10-12-26)23-50-36(45)54-39-29(41)13-14-30(39)42/h6-14,17-18,26,30,34-36H,5,15-16,19-25H2,1-4H3;4-12,15-16,27,31-33H,3,13-14,17-23H2,1-2H3,(H,37,40,44)/t30-,34?,35?,36-,60?;27-,31?,32?,33-,57?/m11/s1. The maximum atomic E-state index is 14.6. The van der Waals surface area contributed by atoms with Gasteiger partial charge in [0.25, 0.3) is 34.7 Å². The Morgan fingerprint density at radius 2 is 0.897 bits per heavy atom. The molecule has 4 aromatic carbocycles. The van der Waals surface area contributed by atoms with Crippen LogP contribution in [-0.2, 0) is 133 Å². The van der Waals surface area contributed by atoms with E-state index in [0.29, 0.717) is 47.7 Å². The number of hydrogen-bond acceptors (Lipinski definition) is 34. The number of phosphoric acid groups is 2. The Labute approximate surface area is 668 Å². The summed E-state index contributed by atoms with van der Waals surface area (Å²) in [5.74, 6) is -4.28. The molecule has 634 valence electrons. The van der Waals surface area contributed by atoms with Gasteiger partial charge in [-0.25, -0.2) is 37.9 Å². The Bertz CT molecular complexity index is 4630. The Morgan fingerprint density at radius 1 is 0.487 bits per heavy atom. The molecule has 10 atom stereocenters. The van der Waals surface area contributed by atoms with E-state index in [1.54, 1.807) is 78.3 Å². The Balaban J connectivity index is 0.000000267. The maximum absolute atomic E-state index is 14.6. The topological polar surface area (TPSA) is 461 Å². The number of aromatic amines is 1. The first-order valence-electron chi connectivity index (χ1n) is 37.0. The number of ether oxygens (including phenoxy) is 12. The monoisotopic (exact) mass is 1680 g/mol. The molecule has 6 unspecified atom stereocenters. The van der Waals surface area contributed by atoms with Crippen LogP contribution in [0.1, 0.15) is 111 Å². The summed E-state index contributed by atoms with van der Waals surface area (Å²) in [7, 11) is -6.22. The first-order valence-corrected chi connectivity index (χ1v) is 39.9. The molecule has 2 aromatic heterocycles. The lowest BCUT2D eigenvalue weighted by Crippen LogP contribution is -2.45. The third kappa shape index (κ3) is 26.5. The molecule has 4 aliphatic heterocycles. The summed E-state index contributed by atoms with van der Waals surface area (Å²) in [5.41, 5.74) is -1.77. The van der Waals surface area contributed by atoms with Crippen molar-refractivity contribution in [3.63, 3.8) is 0 Å². The third-order valence-electron chi connectivity index (χ3n) is 17.1. The Hall–Kier alpha value is -10.4. The summed E-state index contributed by atoms with van der Waals surface area (Å²) in [5, 5.41) is 0.712. The maximum Gasteiger partial charge on any atom is 0.534 e. The predicted octanol–water partition coefficient (Wildman–Crippen LogP) is 6.99. The van der Waals surface area contributed by atoms with Gasteiger partial charge >= 0.3 is 51.3 Å². The van der Waals surface area contributed by atoms with Crippen LogP contribution in [0.2, 0.25) is 0 Å². The number of phosphoric ester groups is 2. The van der Waals surface area contributed by atoms with Crippen LogP contribution in [-0.4, -0.2) is 206 Å². The molecule has 0 aliphatic carbocycles. The first-order chi connectivity index (χ1) is 56.3. The fraction of sp³-hybridized carbons (Fsp3) is 0.467. The van der Waals surface area contributed by atoms with Crippen molar-refractivity contribution in [1.29, 1.82) is 0 Å². The number of benzene rings is 4. The van der Waals surface area contributed by atoms with Crippen molar-refractivity contribution in [3.05, 3.63) is 198 Å². The normalized spacial score (nSPS) is 20.1. The highest BCUT2D eigenvalue weighted by Crippen LogP contribution is 2.56. The molecule has 0 spiro atoms. The predicted molar refractivity (Wildman–Crippen MR) is 399 cm³/mol. The van der Waals surface area contributed by atoms with E-state index in [0.717, 1.165) is 25.8 Å². The molecule has 117 heavy (non-hydrogen) atoms. The van der Waals surface area contributed by atoms with Crippen LogP contribution in [0.3, 0.4) is 0 Å². The highest BCUT2D eigenvalue weighted by Gasteiger charge is 2.55. The second-order valence-electron chi connectivity index (χ2n) is 25.8. The van der Waals surface area contributed by atoms with Gasteiger partial charge in [0, 0.05) is 64.4 Å². The van der Waals surface area contributed by atoms with Crippen molar-refractivity contribution in [2.75, 3.05) is 86.9 Å². The average Bonchev–Trinajstić information content (AvgIpc) is 1.65. The number of hydrogen-bond donors (Lipinski definition) is 1. The third-order valence-corrected chi connectivity index (χ3v) is 20.1. The van der Waals surface area contributed by atoms with Crippen LogP contribution in [0.15, 0.2) is 153 Å². The van der Waals surface area contributed by atoms with Gasteiger partial charge in [0.1, 0.15) is 36.9 Å². The summed E-state index contributed by atoms with van der Waals surface area (Å²) in [6.45, 7) is 8.06. The summed E-state index contributed by atoms with van der Waals surface area (Å²) in [6.07, 6.45) is -10.9. The van der Waals surface area contributed by atoms with Gasteiger partial charge in [-0.3, -0.25) is 75.2 Å². The van der Waals surface area contributed by atoms with E-state index < -0.39 is 141 Å². The molecule has 6 aromatic rings. The second kappa shape index (κ2) is 44.8. The number of aromatic nitrogens is 4.